The normalized spacial score (nSPS) is 15.8. The molecule has 1 aliphatic heterocycles. The highest BCUT2D eigenvalue weighted by Gasteiger charge is 2.22. The molecule has 0 bridgehead atoms. The Kier molecular flexibility index (Phi) is 4.79. The highest BCUT2D eigenvalue weighted by atomic mass is 16.5. The summed E-state index contributed by atoms with van der Waals surface area (Å²) in [5.74, 6) is 0.340. The first kappa shape index (κ1) is 16.1. The van der Waals surface area contributed by atoms with Gasteiger partial charge >= 0.3 is 0 Å². The first-order valence-corrected chi connectivity index (χ1v) is 7.99. The monoisotopic (exact) mass is 324 g/mol. The second-order valence-electron chi connectivity index (χ2n) is 5.84. The Bertz CT molecular complexity index is 741. The van der Waals surface area contributed by atoms with Crippen molar-refractivity contribution >= 4 is 11.8 Å². The molecule has 0 fully saturated rings. The Morgan fingerprint density at radius 3 is 2.67 bits per heavy atom. The molecular weight excluding hydrogens is 304 g/mol. The van der Waals surface area contributed by atoms with E-state index >= 15 is 0 Å². The third-order valence-corrected chi connectivity index (χ3v) is 4.02. The highest BCUT2D eigenvalue weighted by Crippen LogP contribution is 2.31. The van der Waals surface area contributed by atoms with Crippen LogP contribution in [0.5, 0.6) is 5.75 Å². The fourth-order valence-corrected chi connectivity index (χ4v) is 2.70. The van der Waals surface area contributed by atoms with Gasteiger partial charge in [-0.15, -0.1) is 0 Å². The zero-order valence-electron chi connectivity index (χ0n) is 13.5. The van der Waals surface area contributed by atoms with Crippen molar-refractivity contribution in [1.29, 1.82) is 0 Å². The summed E-state index contributed by atoms with van der Waals surface area (Å²) in [4.78, 5) is 24.2. The first-order valence-electron chi connectivity index (χ1n) is 7.99. The van der Waals surface area contributed by atoms with Crippen LogP contribution < -0.4 is 15.4 Å². The standard InChI is InChI=1S/C19H20N2O3/c1-13-6-8-14(9-7-13)19(23)20-12-18(22)21-16-10-11-24-17-5-3-2-4-15(16)17/h2-9,16H,10-12H2,1H3,(H,20,23)(H,21,22). The molecule has 24 heavy (non-hydrogen) atoms. The van der Waals surface area contributed by atoms with Crippen LogP contribution in [0.15, 0.2) is 48.5 Å². The number of nitrogens with one attached hydrogen (secondary N) is 2. The molecule has 0 aliphatic carbocycles. The van der Waals surface area contributed by atoms with Crippen molar-refractivity contribution in [2.24, 2.45) is 0 Å². The van der Waals surface area contributed by atoms with Crippen molar-refractivity contribution in [3.63, 3.8) is 0 Å². The van der Waals surface area contributed by atoms with Gasteiger partial charge in [-0.05, 0) is 25.1 Å². The maximum Gasteiger partial charge on any atom is 0.251 e. The Hall–Kier alpha value is -2.82. The average Bonchev–Trinajstić information content (AvgIpc) is 2.61. The lowest BCUT2D eigenvalue weighted by molar-refractivity contribution is -0.121. The molecule has 1 heterocycles. The minimum atomic E-state index is -0.252. The van der Waals surface area contributed by atoms with Gasteiger partial charge in [0.25, 0.3) is 5.91 Å². The van der Waals surface area contributed by atoms with Gasteiger partial charge in [0.15, 0.2) is 0 Å². The van der Waals surface area contributed by atoms with Crippen molar-refractivity contribution < 1.29 is 14.3 Å². The molecule has 0 radical (unpaired) electrons. The fourth-order valence-electron chi connectivity index (χ4n) is 2.70. The van der Waals surface area contributed by atoms with Gasteiger partial charge in [-0.25, -0.2) is 0 Å². The summed E-state index contributed by atoms with van der Waals surface area (Å²) in [7, 11) is 0. The number of amides is 2. The minimum absolute atomic E-state index is 0.0494. The van der Waals surface area contributed by atoms with Gasteiger partial charge in [-0.1, -0.05) is 35.9 Å². The van der Waals surface area contributed by atoms with E-state index in [-0.39, 0.29) is 24.4 Å². The molecule has 3 rings (SSSR count). The average molecular weight is 324 g/mol. The third kappa shape index (κ3) is 3.74. The van der Waals surface area contributed by atoms with E-state index < -0.39 is 0 Å². The lowest BCUT2D eigenvalue weighted by Gasteiger charge is -2.26. The van der Waals surface area contributed by atoms with Crippen LogP contribution in [-0.2, 0) is 4.79 Å². The van der Waals surface area contributed by atoms with Gasteiger partial charge in [-0.3, -0.25) is 9.59 Å². The Morgan fingerprint density at radius 1 is 1.12 bits per heavy atom. The zero-order chi connectivity index (χ0) is 16.9. The van der Waals surface area contributed by atoms with Crippen LogP contribution in [0.1, 0.15) is 33.9 Å². The molecule has 1 atom stereocenters. The number of carbonyl (C=O) groups excluding carboxylic acids is 2. The number of rotatable bonds is 4. The summed E-state index contributed by atoms with van der Waals surface area (Å²) in [6.45, 7) is 2.48. The quantitative estimate of drug-likeness (QED) is 0.907. The smallest absolute Gasteiger partial charge is 0.251 e. The highest BCUT2D eigenvalue weighted by molar-refractivity contribution is 5.96. The number of benzene rings is 2. The van der Waals surface area contributed by atoms with Crippen molar-refractivity contribution in [3.8, 4) is 5.75 Å². The summed E-state index contributed by atoms with van der Waals surface area (Å²) in [6.07, 6.45) is 0.717. The molecule has 5 heteroatoms. The van der Waals surface area contributed by atoms with Crippen LogP contribution in [0, 0.1) is 6.92 Å². The number of hydrogen-bond donors (Lipinski definition) is 2. The second kappa shape index (κ2) is 7.17. The maximum atomic E-state index is 12.1. The first-order chi connectivity index (χ1) is 11.6. The van der Waals surface area contributed by atoms with Gasteiger partial charge in [0.2, 0.25) is 5.91 Å². The summed E-state index contributed by atoms with van der Waals surface area (Å²) >= 11 is 0. The molecular formula is C19H20N2O3. The van der Waals surface area contributed by atoms with E-state index in [0.717, 1.165) is 16.9 Å². The predicted molar refractivity (Wildman–Crippen MR) is 90.9 cm³/mol. The van der Waals surface area contributed by atoms with Gasteiger partial charge in [0.1, 0.15) is 5.75 Å². The summed E-state index contributed by atoms with van der Waals surface area (Å²) in [5.41, 5.74) is 2.61. The number of hydrogen-bond acceptors (Lipinski definition) is 3. The topological polar surface area (TPSA) is 67.4 Å². The fraction of sp³-hybridized carbons (Fsp3) is 0.263. The third-order valence-electron chi connectivity index (χ3n) is 4.02. The van der Waals surface area contributed by atoms with Gasteiger partial charge in [0, 0.05) is 17.5 Å². The van der Waals surface area contributed by atoms with Crippen molar-refractivity contribution in [1.82, 2.24) is 10.6 Å². The molecule has 124 valence electrons. The zero-order valence-corrected chi connectivity index (χ0v) is 13.5. The molecule has 0 saturated heterocycles. The molecule has 5 nitrogen and oxygen atoms in total. The number of para-hydroxylation sites is 1. The molecule has 0 saturated carbocycles. The van der Waals surface area contributed by atoms with Gasteiger partial charge in [-0.2, -0.15) is 0 Å². The minimum Gasteiger partial charge on any atom is -0.493 e. The van der Waals surface area contributed by atoms with E-state index in [4.69, 9.17) is 4.74 Å². The SMILES string of the molecule is Cc1ccc(C(=O)NCC(=O)NC2CCOc3ccccc32)cc1. The number of fused-ring (bicyclic) bond motifs is 1. The lowest BCUT2D eigenvalue weighted by atomic mass is 10.0. The molecule has 1 aliphatic rings. The summed E-state index contributed by atoms with van der Waals surface area (Å²) < 4.78 is 5.58. The van der Waals surface area contributed by atoms with Crippen molar-refractivity contribution in [2.75, 3.05) is 13.2 Å². The Balaban J connectivity index is 1.55. The Labute approximate surface area is 141 Å². The van der Waals surface area contributed by atoms with E-state index in [2.05, 4.69) is 10.6 Å². The number of ether oxygens (including phenoxy) is 1. The van der Waals surface area contributed by atoms with Crippen LogP contribution in [-0.4, -0.2) is 25.0 Å². The maximum absolute atomic E-state index is 12.1. The van der Waals surface area contributed by atoms with Gasteiger partial charge in [0.05, 0.1) is 19.2 Å². The van der Waals surface area contributed by atoms with E-state index in [1.54, 1.807) is 12.1 Å². The molecule has 2 amide bonds. The summed E-state index contributed by atoms with van der Waals surface area (Å²) in [5, 5.41) is 5.61. The van der Waals surface area contributed by atoms with Crippen molar-refractivity contribution in [3.05, 3.63) is 65.2 Å². The number of aryl methyl sites for hydroxylation is 1. The predicted octanol–water partition coefficient (Wildman–Crippen LogP) is 2.36. The summed E-state index contributed by atoms with van der Waals surface area (Å²) in [6, 6.07) is 14.8. The molecule has 2 N–H and O–H groups in total. The Morgan fingerprint density at radius 2 is 1.88 bits per heavy atom. The van der Waals surface area contributed by atoms with Crippen molar-refractivity contribution in [2.45, 2.75) is 19.4 Å². The van der Waals surface area contributed by atoms with E-state index in [1.165, 1.54) is 0 Å². The van der Waals surface area contributed by atoms with E-state index in [9.17, 15) is 9.59 Å². The van der Waals surface area contributed by atoms with Crippen LogP contribution in [0.25, 0.3) is 0 Å². The molecule has 1 unspecified atom stereocenters. The van der Waals surface area contributed by atoms with Gasteiger partial charge < -0.3 is 15.4 Å². The molecule has 0 spiro atoms. The molecule has 2 aromatic rings. The van der Waals surface area contributed by atoms with Crippen LogP contribution in [0.4, 0.5) is 0 Å². The van der Waals surface area contributed by atoms with Crippen LogP contribution in [0.2, 0.25) is 0 Å². The number of carbonyl (C=O) groups is 2. The second-order valence-corrected chi connectivity index (χ2v) is 5.84. The van der Waals surface area contributed by atoms with E-state index in [1.807, 2.05) is 43.3 Å². The van der Waals surface area contributed by atoms with Crippen LogP contribution >= 0.6 is 0 Å². The lowest BCUT2D eigenvalue weighted by Crippen LogP contribution is -2.39. The largest absolute Gasteiger partial charge is 0.493 e. The molecule has 0 aromatic heterocycles. The molecule has 2 aromatic carbocycles. The van der Waals surface area contributed by atoms with E-state index in [0.29, 0.717) is 18.6 Å². The van der Waals surface area contributed by atoms with Crippen LogP contribution in [0.3, 0.4) is 0 Å².